The van der Waals surface area contributed by atoms with E-state index in [0.29, 0.717) is 25.3 Å². The molecule has 0 spiro atoms. The Morgan fingerprint density at radius 1 is 1.29 bits per heavy atom. The number of carbonyl (C=O) groups excluding carboxylic acids is 1. The lowest BCUT2D eigenvalue weighted by molar-refractivity contribution is -0.137. The van der Waals surface area contributed by atoms with Crippen LogP contribution in [0, 0.1) is 5.92 Å². The van der Waals surface area contributed by atoms with Crippen molar-refractivity contribution in [2.24, 2.45) is 5.92 Å². The third-order valence-electron chi connectivity index (χ3n) is 4.21. The summed E-state index contributed by atoms with van der Waals surface area (Å²) in [4.78, 5) is 16.1. The quantitative estimate of drug-likeness (QED) is 0.710. The average molecular weight is 434 g/mol. The first-order chi connectivity index (χ1) is 13.2. The molecule has 2 aromatic rings. The second kappa shape index (κ2) is 8.55. The molecule has 1 atom stereocenters. The molecule has 1 unspecified atom stereocenters. The van der Waals surface area contributed by atoms with Gasteiger partial charge in [-0.2, -0.15) is 13.2 Å². The summed E-state index contributed by atoms with van der Waals surface area (Å²) in [6, 6.07) is 4.88. The van der Waals surface area contributed by atoms with Crippen LogP contribution in [0.2, 0.25) is 10.0 Å². The Bertz CT molecular complexity index is 872. The fraction of sp³-hybridized carbons (Fsp3) is 0.333. The van der Waals surface area contributed by atoms with E-state index in [9.17, 15) is 18.0 Å². The maximum absolute atomic E-state index is 13.2. The van der Waals surface area contributed by atoms with Gasteiger partial charge < -0.3 is 15.4 Å². The number of pyridine rings is 1. The lowest BCUT2D eigenvalue weighted by atomic mass is 10.1. The monoisotopic (exact) mass is 433 g/mol. The lowest BCUT2D eigenvalue weighted by Crippen LogP contribution is -2.30. The number of anilines is 2. The molecule has 1 saturated heterocycles. The van der Waals surface area contributed by atoms with Crippen LogP contribution in [0.15, 0.2) is 30.5 Å². The Hall–Kier alpha value is -2.03. The summed E-state index contributed by atoms with van der Waals surface area (Å²) < 4.78 is 44.7. The van der Waals surface area contributed by atoms with Crippen LogP contribution in [0.4, 0.5) is 24.5 Å². The van der Waals surface area contributed by atoms with Crippen molar-refractivity contribution in [2.45, 2.75) is 19.1 Å². The lowest BCUT2D eigenvalue weighted by Gasteiger charge is -2.15. The van der Waals surface area contributed by atoms with Crippen LogP contribution < -0.4 is 10.6 Å². The van der Waals surface area contributed by atoms with Crippen LogP contribution in [0.5, 0.6) is 0 Å². The largest absolute Gasteiger partial charge is 0.418 e. The maximum atomic E-state index is 13.2. The van der Waals surface area contributed by atoms with Crippen molar-refractivity contribution in [3.63, 3.8) is 0 Å². The molecule has 2 N–H and O–H groups in total. The predicted molar refractivity (Wildman–Crippen MR) is 99.8 cm³/mol. The number of halogens is 5. The Kier molecular flexibility index (Phi) is 6.32. The number of carbonyl (C=O) groups is 1. The van der Waals surface area contributed by atoms with Crippen LogP contribution in [0.25, 0.3) is 0 Å². The molecule has 28 heavy (non-hydrogen) atoms. The van der Waals surface area contributed by atoms with E-state index in [0.717, 1.165) is 6.07 Å². The summed E-state index contributed by atoms with van der Waals surface area (Å²) >= 11 is 11.8. The van der Waals surface area contributed by atoms with Gasteiger partial charge in [0.2, 0.25) is 5.91 Å². The highest BCUT2D eigenvalue weighted by Gasteiger charge is 2.34. The van der Waals surface area contributed by atoms with Gasteiger partial charge in [-0.05, 0) is 30.7 Å². The van der Waals surface area contributed by atoms with E-state index < -0.39 is 11.7 Å². The summed E-state index contributed by atoms with van der Waals surface area (Å²) in [7, 11) is 0. The van der Waals surface area contributed by atoms with Gasteiger partial charge in [0.1, 0.15) is 0 Å². The van der Waals surface area contributed by atoms with Gasteiger partial charge in [0.15, 0.2) is 0 Å². The standard InChI is InChI=1S/C18H16Cl2F3N3O2/c19-11-1-2-15(13(5-11)18(21,22)23)26-12-6-14(20)16(24-7-12)8-25-17(27)10-3-4-28-9-10/h1-2,5-7,10,26H,3-4,8-9H2,(H,25,27). The Labute approximate surface area is 169 Å². The highest BCUT2D eigenvalue weighted by Crippen LogP contribution is 2.37. The molecule has 1 aliphatic rings. The minimum atomic E-state index is -4.57. The number of ether oxygens (including phenoxy) is 1. The number of aromatic nitrogens is 1. The van der Waals surface area contributed by atoms with Crippen molar-refractivity contribution in [1.29, 1.82) is 0 Å². The molecule has 0 aliphatic carbocycles. The van der Waals surface area contributed by atoms with Crippen molar-refractivity contribution < 1.29 is 22.7 Å². The molecule has 1 fully saturated rings. The maximum Gasteiger partial charge on any atom is 0.418 e. The number of benzene rings is 1. The van der Waals surface area contributed by atoms with Crippen molar-refractivity contribution in [2.75, 3.05) is 18.5 Å². The number of hydrogen-bond donors (Lipinski definition) is 2. The molecule has 1 amide bonds. The van der Waals surface area contributed by atoms with Crippen LogP contribution in [0.3, 0.4) is 0 Å². The number of amides is 1. The van der Waals surface area contributed by atoms with Gasteiger partial charge in [-0.3, -0.25) is 9.78 Å². The molecule has 10 heteroatoms. The van der Waals surface area contributed by atoms with E-state index in [1.807, 2.05) is 0 Å². The van der Waals surface area contributed by atoms with Gasteiger partial charge in [0, 0.05) is 11.6 Å². The SMILES string of the molecule is O=C(NCc1ncc(Nc2ccc(Cl)cc2C(F)(F)F)cc1Cl)C1CCOC1. The number of nitrogens with one attached hydrogen (secondary N) is 2. The van der Waals surface area contributed by atoms with E-state index in [2.05, 4.69) is 15.6 Å². The third kappa shape index (κ3) is 5.06. The van der Waals surface area contributed by atoms with Crippen LogP contribution in [-0.4, -0.2) is 24.1 Å². The Morgan fingerprint density at radius 2 is 2.07 bits per heavy atom. The molecule has 1 aromatic carbocycles. The molecule has 1 aliphatic heterocycles. The molecule has 2 heterocycles. The van der Waals surface area contributed by atoms with E-state index in [1.165, 1.54) is 24.4 Å². The zero-order chi connectivity index (χ0) is 20.3. The predicted octanol–water partition coefficient (Wildman–Crippen LogP) is 4.80. The molecule has 1 aromatic heterocycles. The van der Waals surface area contributed by atoms with E-state index in [4.69, 9.17) is 27.9 Å². The Balaban J connectivity index is 1.70. The summed E-state index contributed by atoms with van der Waals surface area (Å²) in [5, 5.41) is 5.59. The fourth-order valence-electron chi connectivity index (χ4n) is 2.74. The van der Waals surface area contributed by atoms with E-state index in [1.54, 1.807) is 0 Å². The van der Waals surface area contributed by atoms with Gasteiger partial charge in [-0.15, -0.1) is 0 Å². The van der Waals surface area contributed by atoms with Crippen molar-refractivity contribution in [1.82, 2.24) is 10.3 Å². The number of nitrogens with zero attached hydrogens (tertiary/aromatic N) is 1. The third-order valence-corrected chi connectivity index (χ3v) is 4.78. The second-order valence-electron chi connectivity index (χ2n) is 6.24. The molecule has 150 valence electrons. The summed E-state index contributed by atoms with van der Waals surface area (Å²) in [5.41, 5.74) is -0.382. The zero-order valence-corrected chi connectivity index (χ0v) is 16.0. The molecule has 0 radical (unpaired) electrons. The van der Waals surface area contributed by atoms with Crippen molar-refractivity contribution in [3.8, 4) is 0 Å². The summed E-state index contributed by atoms with van der Waals surface area (Å²) in [6.45, 7) is 1.06. The van der Waals surface area contributed by atoms with Crippen molar-refractivity contribution >= 4 is 40.5 Å². The van der Waals surface area contributed by atoms with Crippen LogP contribution in [-0.2, 0) is 22.3 Å². The fourth-order valence-corrected chi connectivity index (χ4v) is 3.14. The summed E-state index contributed by atoms with van der Waals surface area (Å²) in [5.74, 6) is -0.334. The first-order valence-electron chi connectivity index (χ1n) is 8.37. The van der Waals surface area contributed by atoms with E-state index >= 15 is 0 Å². The van der Waals surface area contributed by atoms with Crippen LogP contribution in [0.1, 0.15) is 17.7 Å². The smallest absolute Gasteiger partial charge is 0.381 e. The van der Waals surface area contributed by atoms with Gasteiger partial charge in [-0.25, -0.2) is 0 Å². The average Bonchev–Trinajstić information content (AvgIpc) is 3.16. The van der Waals surface area contributed by atoms with Gasteiger partial charge in [0.05, 0.1) is 52.9 Å². The number of alkyl halides is 3. The number of hydrogen-bond acceptors (Lipinski definition) is 4. The molecule has 3 rings (SSSR count). The van der Waals surface area contributed by atoms with Gasteiger partial charge in [0.25, 0.3) is 0 Å². The molecular formula is C18H16Cl2F3N3O2. The molecule has 0 bridgehead atoms. The second-order valence-corrected chi connectivity index (χ2v) is 7.09. The first-order valence-corrected chi connectivity index (χ1v) is 9.13. The zero-order valence-electron chi connectivity index (χ0n) is 14.4. The highest BCUT2D eigenvalue weighted by molar-refractivity contribution is 6.31. The minimum Gasteiger partial charge on any atom is -0.381 e. The van der Waals surface area contributed by atoms with Gasteiger partial charge in [-0.1, -0.05) is 23.2 Å². The summed E-state index contributed by atoms with van der Waals surface area (Å²) in [6.07, 6.45) is -2.56. The highest BCUT2D eigenvalue weighted by atomic mass is 35.5. The molecular weight excluding hydrogens is 418 g/mol. The Morgan fingerprint density at radius 3 is 2.71 bits per heavy atom. The first kappa shape index (κ1) is 20.7. The van der Waals surface area contributed by atoms with Gasteiger partial charge >= 0.3 is 6.18 Å². The molecule has 0 saturated carbocycles. The normalized spacial score (nSPS) is 16.8. The van der Waals surface area contributed by atoms with E-state index in [-0.39, 0.29) is 39.8 Å². The van der Waals surface area contributed by atoms with Crippen LogP contribution >= 0.6 is 23.2 Å². The minimum absolute atomic E-state index is 0.0206. The number of rotatable bonds is 5. The molecule has 5 nitrogen and oxygen atoms in total. The topological polar surface area (TPSA) is 63.2 Å². The van der Waals surface area contributed by atoms with Crippen molar-refractivity contribution in [3.05, 3.63) is 51.8 Å².